The fraction of sp³-hybridized carbons (Fsp3) is 0.926. The Morgan fingerprint density at radius 3 is 0.746 bits per heavy atom. The maximum atomic E-state index is 12.8. The highest BCUT2D eigenvalue weighted by atomic mass is 16.6. The first-order valence-corrected chi connectivity index (χ1v) is 27.1. The summed E-state index contributed by atoms with van der Waals surface area (Å²) in [5, 5.41) is 15.8. The van der Waals surface area contributed by atoms with Crippen molar-refractivity contribution in [2.45, 2.75) is 310 Å². The zero-order valence-corrected chi connectivity index (χ0v) is 42.0. The molecule has 0 aromatic rings. The van der Waals surface area contributed by atoms with E-state index in [1.165, 1.54) is 200 Å². The lowest BCUT2D eigenvalue weighted by atomic mass is 10.0. The molecule has 0 aliphatic rings. The molecule has 0 spiro atoms. The van der Waals surface area contributed by atoms with Crippen molar-refractivity contribution in [3.63, 3.8) is 0 Å². The number of aliphatic hydroxyl groups excluding tert-OH is 1. The van der Waals surface area contributed by atoms with Crippen LogP contribution in [0, 0.1) is 0 Å². The molecule has 9 nitrogen and oxygen atoms in total. The van der Waals surface area contributed by atoms with E-state index in [9.17, 15) is 19.2 Å². The Kier molecular flexibility index (Phi) is 52.4. The summed E-state index contributed by atoms with van der Waals surface area (Å²) in [6.45, 7) is 7.87. The summed E-state index contributed by atoms with van der Waals surface area (Å²) in [4.78, 5) is 47.3. The van der Waals surface area contributed by atoms with Gasteiger partial charge in [0.1, 0.15) is 19.3 Å². The van der Waals surface area contributed by atoms with Crippen LogP contribution in [0.1, 0.15) is 297 Å². The molecule has 0 fully saturated rings. The first-order chi connectivity index (χ1) is 30.7. The average Bonchev–Trinajstić information content (AvgIpc) is 3.26. The van der Waals surface area contributed by atoms with Crippen molar-refractivity contribution in [3.05, 3.63) is 0 Å². The number of esters is 3. The van der Waals surface area contributed by atoms with Gasteiger partial charge in [0, 0.05) is 19.3 Å². The molecular weight excluding hydrogens is 793 g/mol. The third-order valence-corrected chi connectivity index (χ3v) is 12.0. The molecule has 1 unspecified atom stereocenters. The average molecular weight is 897 g/mol. The van der Waals surface area contributed by atoms with Crippen molar-refractivity contribution in [2.24, 2.45) is 0 Å². The zero-order chi connectivity index (χ0) is 46.7. The van der Waals surface area contributed by atoms with Gasteiger partial charge in [0.05, 0.1) is 0 Å². The Labute approximate surface area is 389 Å². The Hall–Kier alpha value is -2.16. The second kappa shape index (κ2) is 52.5. The Bertz CT molecular complexity index is 938. The van der Waals surface area contributed by atoms with E-state index in [4.69, 9.17) is 24.4 Å². The molecule has 0 saturated heterocycles. The van der Waals surface area contributed by atoms with Gasteiger partial charge in [0.2, 0.25) is 0 Å². The topological polar surface area (TPSA) is 136 Å². The summed E-state index contributed by atoms with van der Waals surface area (Å²) in [5.41, 5.74) is 0. The Morgan fingerprint density at radius 1 is 0.349 bits per heavy atom. The van der Waals surface area contributed by atoms with E-state index in [1.54, 1.807) is 0 Å². The summed E-state index contributed by atoms with van der Waals surface area (Å²) < 4.78 is 16.8. The second-order valence-electron chi connectivity index (χ2n) is 18.5. The molecule has 0 amide bonds. The lowest BCUT2D eigenvalue weighted by molar-refractivity contribution is -0.167. The third kappa shape index (κ3) is 54.1. The predicted octanol–water partition coefficient (Wildman–Crippen LogP) is 15.9. The van der Waals surface area contributed by atoms with Gasteiger partial charge in [0.25, 0.3) is 0 Å². The summed E-state index contributed by atoms with van der Waals surface area (Å²) >= 11 is 0. The van der Waals surface area contributed by atoms with Gasteiger partial charge in [-0.25, -0.2) is 4.79 Å². The van der Waals surface area contributed by atoms with Crippen LogP contribution in [0.15, 0.2) is 0 Å². The van der Waals surface area contributed by atoms with Gasteiger partial charge in [0.15, 0.2) is 6.10 Å². The van der Waals surface area contributed by atoms with Crippen molar-refractivity contribution in [1.29, 1.82) is 0 Å². The normalized spacial score (nSPS) is 11.6. The Morgan fingerprint density at radius 2 is 0.540 bits per heavy atom. The molecule has 0 saturated carbocycles. The largest absolute Gasteiger partial charge is 0.479 e. The van der Waals surface area contributed by atoms with E-state index in [-0.39, 0.29) is 31.1 Å². The van der Waals surface area contributed by atoms with Crippen LogP contribution >= 0.6 is 0 Å². The molecular formula is C54H104O9. The minimum absolute atomic E-state index is 0.0619. The lowest BCUT2D eigenvalue weighted by Crippen LogP contribution is -2.30. The van der Waals surface area contributed by atoms with Crippen LogP contribution in [0.25, 0.3) is 0 Å². The highest BCUT2D eigenvalue weighted by Gasteiger charge is 2.19. The molecule has 0 heterocycles. The third-order valence-electron chi connectivity index (χ3n) is 12.0. The SMILES string of the molecule is CC(O)C(=O)O.CCCCCCCCCCCCCCCC(=O)OCC(COC(=O)CCCCCCCCCCCCCCC)OC(=O)CCCCCCCCCCCCCCC. The molecule has 63 heavy (non-hydrogen) atoms. The van der Waals surface area contributed by atoms with Gasteiger partial charge in [-0.15, -0.1) is 0 Å². The number of rotatable bonds is 48. The molecule has 0 rings (SSSR count). The molecule has 0 aliphatic heterocycles. The fourth-order valence-corrected chi connectivity index (χ4v) is 7.74. The van der Waals surface area contributed by atoms with E-state index >= 15 is 0 Å². The van der Waals surface area contributed by atoms with Crippen molar-refractivity contribution < 1.29 is 43.6 Å². The molecule has 2 N–H and O–H groups in total. The molecule has 0 radical (unpaired) electrons. The van der Waals surface area contributed by atoms with Gasteiger partial charge in [-0.1, -0.05) is 252 Å². The number of hydrogen-bond donors (Lipinski definition) is 2. The summed E-state index contributed by atoms with van der Waals surface area (Å²) in [6.07, 6.45) is 48.1. The monoisotopic (exact) mass is 897 g/mol. The maximum Gasteiger partial charge on any atom is 0.332 e. The second-order valence-corrected chi connectivity index (χ2v) is 18.5. The van der Waals surface area contributed by atoms with Crippen LogP contribution in [0.2, 0.25) is 0 Å². The van der Waals surface area contributed by atoms with E-state index in [1.807, 2.05) is 0 Å². The van der Waals surface area contributed by atoms with Gasteiger partial charge >= 0.3 is 23.9 Å². The highest BCUT2D eigenvalue weighted by Crippen LogP contribution is 2.17. The van der Waals surface area contributed by atoms with Crippen LogP contribution in [0.4, 0.5) is 0 Å². The van der Waals surface area contributed by atoms with Crippen molar-refractivity contribution in [2.75, 3.05) is 13.2 Å². The van der Waals surface area contributed by atoms with Crippen molar-refractivity contribution in [1.82, 2.24) is 0 Å². The first kappa shape index (κ1) is 62.9. The molecule has 0 aliphatic carbocycles. The van der Waals surface area contributed by atoms with Crippen molar-refractivity contribution >= 4 is 23.9 Å². The van der Waals surface area contributed by atoms with Crippen LogP contribution in [-0.4, -0.2) is 59.5 Å². The molecule has 1 atom stereocenters. The zero-order valence-electron chi connectivity index (χ0n) is 42.0. The molecule has 374 valence electrons. The fourth-order valence-electron chi connectivity index (χ4n) is 7.74. The summed E-state index contributed by atoms with van der Waals surface area (Å²) in [7, 11) is 0. The number of carboxylic acids is 1. The predicted molar refractivity (Wildman–Crippen MR) is 262 cm³/mol. The standard InChI is InChI=1S/C51H98O6.C3H6O3/c1-4-7-10-13-16-19-22-25-28-31-34-37-40-43-49(52)55-46-48(57-51(54)45-42-39-36-33-30-27-24-21-18-15-12-9-6-3)47-56-50(53)44-41-38-35-32-29-26-23-20-17-14-11-8-5-2;1-2(4)3(5)6/h48H,4-47H2,1-3H3;2,4H,1H3,(H,5,6). The first-order valence-electron chi connectivity index (χ1n) is 27.1. The van der Waals surface area contributed by atoms with E-state index < -0.39 is 18.2 Å². The van der Waals surface area contributed by atoms with Crippen LogP contribution in [-0.2, 0) is 33.4 Å². The van der Waals surface area contributed by atoms with Crippen LogP contribution in [0.5, 0.6) is 0 Å². The number of carbonyl (C=O) groups is 4. The smallest absolute Gasteiger partial charge is 0.332 e. The molecule has 9 heteroatoms. The molecule has 0 bridgehead atoms. The number of aliphatic hydroxyl groups is 1. The highest BCUT2D eigenvalue weighted by molar-refractivity contribution is 5.71. The summed E-state index contributed by atoms with van der Waals surface area (Å²) in [5.74, 6) is -2.03. The van der Waals surface area contributed by atoms with E-state index in [0.29, 0.717) is 19.3 Å². The minimum atomic E-state index is -1.23. The number of carbonyl (C=O) groups excluding carboxylic acids is 3. The van der Waals surface area contributed by atoms with Gasteiger partial charge in [-0.2, -0.15) is 0 Å². The lowest BCUT2D eigenvalue weighted by Gasteiger charge is -2.18. The van der Waals surface area contributed by atoms with Crippen molar-refractivity contribution in [3.8, 4) is 0 Å². The number of ether oxygens (including phenoxy) is 3. The van der Waals surface area contributed by atoms with Gasteiger partial charge in [-0.3, -0.25) is 14.4 Å². The minimum Gasteiger partial charge on any atom is -0.479 e. The number of carboxylic acid groups (broad SMARTS) is 1. The van der Waals surface area contributed by atoms with Gasteiger partial charge < -0.3 is 24.4 Å². The Balaban J connectivity index is 0. The molecule has 0 aromatic heterocycles. The van der Waals surface area contributed by atoms with Crippen LogP contribution in [0.3, 0.4) is 0 Å². The number of unbranched alkanes of at least 4 members (excludes halogenated alkanes) is 36. The van der Waals surface area contributed by atoms with Gasteiger partial charge in [-0.05, 0) is 26.2 Å². The number of hydrogen-bond acceptors (Lipinski definition) is 8. The van der Waals surface area contributed by atoms with E-state index in [2.05, 4.69) is 20.8 Å². The van der Waals surface area contributed by atoms with E-state index in [0.717, 1.165) is 57.8 Å². The maximum absolute atomic E-state index is 12.8. The van der Waals surface area contributed by atoms with Crippen LogP contribution < -0.4 is 0 Å². The number of aliphatic carboxylic acids is 1. The summed E-state index contributed by atoms with van der Waals surface area (Å²) in [6, 6.07) is 0. The quantitative estimate of drug-likeness (QED) is 0.0347. The molecule has 0 aromatic carbocycles.